The number of carbonyl (C=O) groups is 2. The van der Waals surface area contributed by atoms with Gasteiger partial charge >= 0.3 is 0 Å². The van der Waals surface area contributed by atoms with Crippen LogP contribution < -0.4 is 15.0 Å². The van der Waals surface area contributed by atoms with Crippen LogP contribution in [0.15, 0.2) is 66.4 Å². The minimum absolute atomic E-state index is 0.228. The molecule has 0 fully saturated rings. The van der Waals surface area contributed by atoms with Gasteiger partial charge in [0.25, 0.3) is 11.8 Å². The van der Waals surface area contributed by atoms with Crippen molar-refractivity contribution >= 4 is 40.4 Å². The summed E-state index contributed by atoms with van der Waals surface area (Å²) in [5, 5.41) is 3.81. The summed E-state index contributed by atoms with van der Waals surface area (Å²) in [4.78, 5) is 28.5. The monoisotopic (exact) mass is 446 g/mol. The summed E-state index contributed by atoms with van der Waals surface area (Å²) in [5.41, 5.74) is 5.21. The van der Waals surface area contributed by atoms with Crippen LogP contribution in [-0.2, 0) is 9.59 Å². The van der Waals surface area contributed by atoms with Gasteiger partial charge in [-0.3, -0.25) is 9.59 Å². The molecule has 3 aromatic carbocycles. The molecule has 0 spiro atoms. The Hall–Kier alpha value is -3.57. The average Bonchev–Trinajstić information content (AvgIpc) is 3.01. The van der Waals surface area contributed by atoms with Crippen molar-refractivity contribution in [3.8, 4) is 5.75 Å². The fourth-order valence-corrected chi connectivity index (χ4v) is 4.00. The maximum atomic E-state index is 13.6. The molecule has 1 heterocycles. The van der Waals surface area contributed by atoms with Crippen molar-refractivity contribution in [2.24, 2.45) is 0 Å². The molecule has 0 unspecified atom stereocenters. The number of halogens is 1. The van der Waals surface area contributed by atoms with Crippen LogP contribution in [-0.4, -0.2) is 18.9 Å². The topological polar surface area (TPSA) is 58.6 Å². The van der Waals surface area contributed by atoms with Crippen LogP contribution in [0, 0.1) is 20.8 Å². The smallest absolute Gasteiger partial charge is 0.282 e. The summed E-state index contributed by atoms with van der Waals surface area (Å²) in [5.74, 6) is -0.104. The first-order valence-corrected chi connectivity index (χ1v) is 10.6. The molecular formula is C26H23ClN2O3. The summed E-state index contributed by atoms with van der Waals surface area (Å²) in [6, 6.07) is 18.0. The Kier molecular flexibility index (Phi) is 5.76. The molecular weight excluding hydrogens is 424 g/mol. The van der Waals surface area contributed by atoms with E-state index in [2.05, 4.69) is 5.32 Å². The lowest BCUT2D eigenvalue weighted by atomic mass is 10.0. The van der Waals surface area contributed by atoms with Crippen molar-refractivity contribution in [1.29, 1.82) is 0 Å². The number of carbonyl (C=O) groups excluding carboxylic acids is 2. The number of imide groups is 1. The number of amides is 2. The van der Waals surface area contributed by atoms with E-state index in [1.807, 2.05) is 32.9 Å². The van der Waals surface area contributed by atoms with Crippen LogP contribution in [0.3, 0.4) is 0 Å². The number of benzene rings is 3. The Balaban J connectivity index is 1.86. The standard InChI is InChI=1S/C26H23ClN2O3/c1-15-6-5-7-22(17(15)3)29-25(30)23(18-8-11-20(32-4)12-9-18)24(26(29)31)28-21-13-10-19(27)14-16(21)2/h5-14,28H,1-4H3. The van der Waals surface area contributed by atoms with Crippen LogP contribution in [0.5, 0.6) is 5.75 Å². The van der Waals surface area contributed by atoms with Gasteiger partial charge in [0.2, 0.25) is 0 Å². The fourth-order valence-electron chi connectivity index (χ4n) is 3.77. The van der Waals surface area contributed by atoms with Crippen molar-refractivity contribution < 1.29 is 14.3 Å². The van der Waals surface area contributed by atoms with Crippen molar-refractivity contribution in [3.05, 3.63) is 93.6 Å². The molecule has 3 aromatic rings. The van der Waals surface area contributed by atoms with Crippen LogP contribution in [0.25, 0.3) is 5.57 Å². The first kappa shape index (κ1) is 21.7. The predicted molar refractivity (Wildman–Crippen MR) is 128 cm³/mol. The summed E-state index contributed by atoms with van der Waals surface area (Å²) in [6.45, 7) is 5.76. The van der Waals surface area contributed by atoms with Gasteiger partial charge in [0.1, 0.15) is 11.4 Å². The van der Waals surface area contributed by atoms with Gasteiger partial charge in [-0.25, -0.2) is 4.90 Å². The number of nitrogens with zero attached hydrogens (tertiary/aromatic N) is 1. The highest BCUT2D eigenvalue weighted by Gasteiger charge is 2.41. The molecule has 0 radical (unpaired) electrons. The summed E-state index contributed by atoms with van der Waals surface area (Å²) >= 11 is 6.09. The van der Waals surface area contributed by atoms with Gasteiger partial charge in [-0.1, -0.05) is 35.9 Å². The van der Waals surface area contributed by atoms with Gasteiger partial charge in [0, 0.05) is 10.7 Å². The highest BCUT2D eigenvalue weighted by Crippen LogP contribution is 2.36. The Morgan fingerprint density at radius 1 is 0.875 bits per heavy atom. The molecule has 1 aliphatic rings. The molecule has 2 amide bonds. The van der Waals surface area contributed by atoms with Gasteiger partial charge < -0.3 is 10.1 Å². The Morgan fingerprint density at radius 2 is 1.59 bits per heavy atom. The van der Waals surface area contributed by atoms with Crippen molar-refractivity contribution in [1.82, 2.24) is 0 Å². The zero-order valence-electron chi connectivity index (χ0n) is 18.3. The molecule has 0 aromatic heterocycles. The third kappa shape index (κ3) is 3.76. The first-order chi connectivity index (χ1) is 15.3. The second-order valence-electron chi connectivity index (χ2n) is 7.73. The zero-order valence-corrected chi connectivity index (χ0v) is 19.1. The van der Waals surface area contributed by atoms with E-state index < -0.39 is 5.91 Å². The molecule has 1 N–H and O–H groups in total. The van der Waals surface area contributed by atoms with Gasteiger partial charge in [0.05, 0.1) is 18.4 Å². The predicted octanol–water partition coefficient (Wildman–Crippen LogP) is 5.67. The lowest BCUT2D eigenvalue weighted by Gasteiger charge is -2.19. The van der Waals surface area contributed by atoms with Crippen molar-refractivity contribution in [2.45, 2.75) is 20.8 Å². The highest BCUT2D eigenvalue weighted by atomic mass is 35.5. The first-order valence-electron chi connectivity index (χ1n) is 10.2. The molecule has 0 aliphatic carbocycles. The largest absolute Gasteiger partial charge is 0.497 e. The minimum atomic E-state index is -0.399. The van der Waals surface area contributed by atoms with Crippen LogP contribution in [0.4, 0.5) is 11.4 Å². The van der Waals surface area contributed by atoms with E-state index in [1.54, 1.807) is 55.6 Å². The van der Waals surface area contributed by atoms with Crippen LogP contribution in [0.1, 0.15) is 22.3 Å². The normalized spacial score (nSPS) is 13.7. The number of aryl methyl sites for hydroxylation is 2. The molecule has 0 bridgehead atoms. The highest BCUT2D eigenvalue weighted by molar-refractivity contribution is 6.46. The number of anilines is 2. The summed E-state index contributed by atoms with van der Waals surface area (Å²) in [7, 11) is 1.58. The number of hydrogen-bond donors (Lipinski definition) is 1. The van der Waals surface area contributed by atoms with Gasteiger partial charge in [-0.2, -0.15) is 0 Å². The van der Waals surface area contributed by atoms with Gasteiger partial charge in [0.15, 0.2) is 0 Å². The lowest BCUT2D eigenvalue weighted by Crippen LogP contribution is -2.33. The fraction of sp³-hybridized carbons (Fsp3) is 0.154. The lowest BCUT2D eigenvalue weighted by molar-refractivity contribution is -0.120. The van der Waals surface area contributed by atoms with Gasteiger partial charge in [-0.05, 0) is 79.4 Å². The maximum absolute atomic E-state index is 13.6. The molecule has 162 valence electrons. The zero-order chi connectivity index (χ0) is 23.0. The van der Waals surface area contributed by atoms with E-state index in [1.165, 1.54) is 4.90 Å². The van der Waals surface area contributed by atoms with E-state index >= 15 is 0 Å². The molecule has 5 nitrogen and oxygen atoms in total. The van der Waals surface area contributed by atoms with Gasteiger partial charge in [-0.15, -0.1) is 0 Å². The SMILES string of the molecule is COc1ccc(C2=C(Nc3ccc(Cl)cc3C)C(=O)N(c3cccc(C)c3C)C2=O)cc1. The number of methoxy groups -OCH3 is 1. The number of ether oxygens (including phenoxy) is 1. The molecule has 0 atom stereocenters. The molecule has 0 saturated heterocycles. The van der Waals surface area contributed by atoms with E-state index in [9.17, 15) is 9.59 Å². The second-order valence-corrected chi connectivity index (χ2v) is 8.16. The number of rotatable bonds is 5. The molecule has 6 heteroatoms. The van der Waals surface area contributed by atoms with Crippen molar-refractivity contribution in [2.75, 3.05) is 17.3 Å². The second kappa shape index (κ2) is 8.52. The molecule has 1 aliphatic heterocycles. The van der Waals surface area contributed by atoms with Crippen LogP contribution in [0.2, 0.25) is 5.02 Å². The summed E-state index contributed by atoms with van der Waals surface area (Å²) < 4.78 is 5.24. The maximum Gasteiger partial charge on any atom is 0.282 e. The molecule has 4 rings (SSSR count). The average molecular weight is 447 g/mol. The third-order valence-electron chi connectivity index (χ3n) is 5.73. The Bertz CT molecular complexity index is 1260. The minimum Gasteiger partial charge on any atom is -0.497 e. The number of hydrogen-bond acceptors (Lipinski definition) is 4. The Labute approximate surface area is 192 Å². The van der Waals surface area contributed by atoms with E-state index in [0.717, 1.165) is 16.7 Å². The molecule has 0 saturated carbocycles. The third-order valence-corrected chi connectivity index (χ3v) is 5.96. The Morgan fingerprint density at radius 3 is 2.25 bits per heavy atom. The van der Waals surface area contributed by atoms with Crippen LogP contribution >= 0.6 is 11.6 Å². The van der Waals surface area contributed by atoms with E-state index in [0.29, 0.717) is 33.3 Å². The van der Waals surface area contributed by atoms with E-state index in [-0.39, 0.29) is 11.6 Å². The summed E-state index contributed by atoms with van der Waals surface area (Å²) in [6.07, 6.45) is 0. The van der Waals surface area contributed by atoms with Crippen molar-refractivity contribution in [3.63, 3.8) is 0 Å². The van der Waals surface area contributed by atoms with E-state index in [4.69, 9.17) is 16.3 Å². The quantitative estimate of drug-likeness (QED) is 0.513. The number of nitrogens with one attached hydrogen (secondary N) is 1. The molecule has 32 heavy (non-hydrogen) atoms.